The first-order chi connectivity index (χ1) is 13.5. The van der Waals surface area contributed by atoms with Crippen LogP contribution in [0, 0.1) is 6.92 Å². The van der Waals surface area contributed by atoms with Gasteiger partial charge in [0.2, 0.25) is 0 Å². The van der Waals surface area contributed by atoms with Crippen molar-refractivity contribution < 1.29 is 19.1 Å². The van der Waals surface area contributed by atoms with Gasteiger partial charge in [0.15, 0.2) is 6.10 Å². The van der Waals surface area contributed by atoms with Gasteiger partial charge in [0.25, 0.3) is 5.91 Å². The molecule has 0 bridgehead atoms. The van der Waals surface area contributed by atoms with Crippen LogP contribution in [0.15, 0.2) is 60.0 Å². The van der Waals surface area contributed by atoms with Crippen molar-refractivity contribution in [1.82, 2.24) is 0 Å². The predicted octanol–water partition coefficient (Wildman–Crippen LogP) is 4.92. The van der Waals surface area contributed by atoms with Crippen molar-refractivity contribution >= 4 is 28.2 Å². The molecule has 0 fully saturated rings. The topological polar surface area (TPSA) is 64.6 Å². The largest absolute Gasteiger partial charge is 0.481 e. The third-order valence-electron chi connectivity index (χ3n) is 4.21. The molecule has 3 rings (SSSR count). The number of carbonyl (C=O) groups excluding carboxylic acids is 2. The highest BCUT2D eigenvalue weighted by Gasteiger charge is 2.24. The normalized spacial score (nSPS) is 11.5. The van der Waals surface area contributed by atoms with E-state index in [1.165, 1.54) is 18.4 Å². The zero-order chi connectivity index (χ0) is 20.1. The Morgan fingerprint density at radius 3 is 2.36 bits per heavy atom. The number of rotatable bonds is 6. The average molecular weight is 395 g/mol. The summed E-state index contributed by atoms with van der Waals surface area (Å²) >= 11 is 1.28. The van der Waals surface area contributed by atoms with Crippen LogP contribution in [0.4, 0.5) is 5.00 Å². The lowest BCUT2D eigenvalue weighted by Gasteiger charge is -2.14. The van der Waals surface area contributed by atoms with E-state index < -0.39 is 12.1 Å². The van der Waals surface area contributed by atoms with E-state index in [1.54, 1.807) is 19.1 Å². The Morgan fingerprint density at radius 2 is 1.71 bits per heavy atom. The number of aryl methyl sites for hydroxylation is 1. The van der Waals surface area contributed by atoms with Gasteiger partial charge in [0.05, 0.1) is 7.11 Å². The molecule has 28 heavy (non-hydrogen) atoms. The second-order valence-electron chi connectivity index (χ2n) is 6.27. The highest BCUT2D eigenvalue weighted by Crippen LogP contribution is 2.36. The second kappa shape index (κ2) is 8.71. The van der Waals surface area contributed by atoms with E-state index in [9.17, 15) is 9.59 Å². The van der Waals surface area contributed by atoms with Gasteiger partial charge >= 0.3 is 5.97 Å². The molecule has 0 aliphatic carbocycles. The molecule has 1 N–H and O–H groups in total. The molecule has 0 saturated heterocycles. The number of carbonyl (C=O) groups is 2. The number of nitrogens with one attached hydrogen (secondary N) is 1. The summed E-state index contributed by atoms with van der Waals surface area (Å²) in [7, 11) is 1.33. The average Bonchev–Trinajstić information content (AvgIpc) is 3.12. The van der Waals surface area contributed by atoms with Crippen LogP contribution < -0.4 is 10.1 Å². The first-order valence-corrected chi connectivity index (χ1v) is 9.67. The lowest BCUT2D eigenvalue weighted by Crippen LogP contribution is -2.30. The summed E-state index contributed by atoms with van der Waals surface area (Å²) in [4.78, 5) is 25.0. The van der Waals surface area contributed by atoms with E-state index >= 15 is 0 Å². The lowest BCUT2D eigenvalue weighted by molar-refractivity contribution is -0.122. The molecule has 144 valence electrons. The minimum atomic E-state index is -0.724. The number of hydrogen-bond donors (Lipinski definition) is 1. The number of anilines is 1. The molecule has 0 spiro atoms. The van der Waals surface area contributed by atoms with E-state index in [0.717, 1.165) is 16.7 Å². The van der Waals surface area contributed by atoms with Crippen LogP contribution in [-0.2, 0) is 9.53 Å². The van der Waals surface area contributed by atoms with Crippen molar-refractivity contribution in [3.05, 3.63) is 71.1 Å². The highest BCUT2D eigenvalue weighted by molar-refractivity contribution is 7.15. The fourth-order valence-electron chi connectivity index (χ4n) is 2.67. The van der Waals surface area contributed by atoms with Gasteiger partial charge in [0, 0.05) is 10.9 Å². The Kier molecular flexibility index (Phi) is 6.11. The Balaban J connectivity index is 1.84. The first-order valence-electron chi connectivity index (χ1n) is 8.79. The summed E-state index contributed by atoms with van der Waals surface area (Å²) in [6, 6.07) is 16.9. The number of methoxy groups -OCH3 is 1. The summed E-state index contributed by atoms with van der Waals surface area (Å²) in [5.74, 6) is -0.236. The predicted molar refractivity (Wildman–Crippen MR) is 111 cm³/mol. The third-order valence-corrected chi connectivity index (χ3v) is 5.10. The number of thiophene rings is 1. The molecular formula is C22H21NO4S. The number of para-hydroxylation sites is 1. The molecule has 0 saturated carbocycles. The molecule has 1 atom stereocenters. The summed E-state index contributed by atoms with van der Waals surface area (Å²) in [5, 5.41) is 5.08. The number of hydrogen-bond acceptors (Lipinski definition) is 5. The fraction of sp³-hybridized carbons (Fsp3) is 0.182. The van der Waals surface area contributed by atoms with Crippen LogP contribution in [0.1, 0.15) is 22.8 Å². The Morgan fingerprint density at radius 1 is 1.04 bits per heavy atom. The Bertz CT molecular complexity index is 964. The Hall–Kier alpha value is -3.12. The molecule has 1 heterocycles. The molecule has 0 unspecified atom stereocenters. The third kappa shape index (κ3) is 4.40. The number of esters is 1. The van der Waals surface area contributed by atoms with E-state index in [4.69, 9.17) is 9.47 Å². The first kappa shape index (κ1) is 19.6. The minimum absolute atomic E-state index is 0.341. The minimum Gasteiger partial charge on any atom is -0.481 e. The van der Waals surface area contributed by atoms with E-state index in [2.05, 4.69) is 5.32 Å². The SMILES string of the molecule is COC(=O)c1c(-c2ccc(C)cc2)csc1NC(=O)[C@H](C)Oc1ccccc1. The molecule has 3 aromatic rings. The van der Waals surface area contributed by atoms with Gasteiger partial charge < -0.3 is 14.8 Å². The molecule has 0 aliphatic heterocycles. The monoisotopic (exact) mass is 395 g/mol. The van der Waals surface area contributed by atoms with Crippen LogP contribution in [-0.4, -0.2) is 25.1 Å². The molecule has 1 amide bonds. The number of benzene rings is 2. The van der Waals surface area contributed by atoms with Gasteiger partial charge in [-0.15, -0.1) is 11.3 Å². The van der Waals surface area contributed by atoms with Crippen LogP contribution in [0.25, 0.3) is 11.1 Å². The maximum atomic E-state index is 12.6. The summed E-state index contributed by atoms with van der Waals surface area (Å²) < 4.78 is 10.6. The standard InChI is InChI=1S/C22H21NO4S/c1-14-9-11-16(12-10-14)18-13-28-21(19(18)22(25)26-3)23-20(24)15(2)27-17-7-5-4-6-8-17/h4-13,15H,1-3H3,(H,23,24)/t15-/m0/s1. The van der Waals surface area contributed by atoms with Crippen LogP contribution in [0.3, 0.4) is 0 Å². The summed E-state index contributed by atoms with van der Waals surface area (Å²) in [5.41, 5.74) is 3.08. The molecule has 0 aliphatic rings. The lowest BCUT2D eigenvalue weighted by atomic mass is 10.0. The molecule has 2 aromatic carbocycles. The zero-order valence-electron chi connectivity index (χ0n) is 15.9. The van der Waals surface area contributed by atoms with Crippen molar-refractivity contribution in [2.45, 2.75) is 20.0 Å². The van der Waals surface area contributed by atoms with Gasteiger partial charge in [-0.3, -0.25) is 4.79 Å². The number of ether oxygens (including phenoxy) is 2. The molecular weight excluding hydrogens is 374 g/mol. The van der Waals surface area contributed by atoms with Gasteiger partial charge in [0.1, 0.15) is 16.3 Å². The van der Waals surface area contributed by atoms with Crippen molar-refractivity contribution in [1.29, 1.82) is 0 Å². The van der Waals surface area contributed by atoms with Crippen LogP contribution >= 0.6 is 11.3 Å². The van der Waals surface area contributed by atoms with Crippen LogP contribution in [0.2, 0.25) is 0 Å². The maximum absolute atomic E-state index is 12.6. The van der Waals surface area contributed by atoms with Gasteiger partial charge in [-0.2, -0.15) is 0 Å². The van der Waals surface area contributed by atoms with E-state index in [-0.39, 0.29) is 5.91 Å². The van der Waals surface area contributed by atoms with Gasteiger partial charge in [-0.25, -0.2) is 4.79 Å². The molecule has 5 nitrogen and oxygen atoms in total. The zero-order valence-corrected chi connectivity index (χ0v) is 16.7. The maximum Gasteiger partial charge on any atom is 0.341 e. The summed E-state index contributed by atoms with van der Waals surface area (Å²) in [6.45, 7) is 3.66. The van der Waals surface area contributed by atoms with E-state index in [0.29, 0.717) is 16.3 Å². The van der Waals surface area contributed by atoms with Crippen molar-refractivity contribution in [2.24, 2.45) is 0 Å². The van der Waals surface area contributed by atoms with Crippen molar-refractivity contribution in [2.75, 3.05) is 12.4 Å². The van der Waals surface area contributed by atoms with E-state index in [1.807, 2.05) is 54.8 Å². The summed E-state index contributed by atoms with van der Waals surface area (Å²) in [6.07, 6.45) is -0.724. The second-order valence-corrected chi connectivity index (χ2v) is 7.15. The fourth-order valence-corrected chi connectivity index (χ4v) is 3.63. The van der Waals surface area contributed by atoms with Crippen LogP contribution in [0.5, 0.6) is 5.75 Å². The smallest absolute Gasteiger partial charge is 0.341 e. The van der Waals surface area contributed by atoms with Gasteiger partial charge in [-0.1, -0.05) is 48.0 Å². The molecule has 6 heteroatoms. The highest BCUT2D eigenvalue weighted by atomic mass is 32.1. The van der Waals surface area contributed by atoms with Gasteiger partial charge in [-0.05, 0) is 31.5 Å². The quantitative estimate of drug-likeness (QED) is 0.602. The van der Waals surface area contributed by atoms with Crippen molar-refractivity contribution in [3.8, 4) is 16.9 Å². The number of amides is 1. The van der Waals surface area contributed by atoms with Crippen molar-refractivity contribution in [3.63, 3.8) is 0 Å². The molecule has 1 aromatic heterocycles. The Labute approximate surface area is 167 Å². The molecule has 0 radical (unpaired) electrons.